The van der Waals surface area contributed by atoms with Crippen LogP contribution in [0.15, 0.2) is 12.1 Å². The van der Waals surface area contributed by atoms with Gasteiger partial charge < -0.3 is 5.11 Å². The number of hydrogen-bond donors (Lipinski definition) is 2. The lowest BCUT2D eigenvalue weighted by Crippen LogP contribution is -2.39. The quantitative estimate of drug-likeness (QED) is 0.694. The molecule has 3 aliphatic rings. The normalized spacial score (nSPS) is 37.7. The highest BCUT2D eigenvalue weighted by molar-refractivity contribution is 7.79. The van der Waals surface area contributed by atoms with Crippen molar-refractivity contribution < 1.29 is 5.11 Å². The summed E-state index contributed by atoms with van der Waals surface area (Å²) in [6, 6.07) is 4.30. The number of hydrogen-bond acceptors (Lipinski definition) is 2. The van der Waals surface area contributed by atoms with Crippen molar-refractivity contribution >= 4 is 12.6 Å². The maximum absolute atomic E-state index is 10.1. The van der Waals surface area contributed by atoms with Crippen molar-refractivity contribution in [3.05, 3.63) is 28.8 Å². The summed E-state index contributed by atoms with van der Waals surface area (Å²) < 4.78 is 0. The molecule has 1 aromatic carbocycles. The van der Waals surface area contributed by atoms with Crippen molar-refractivity contribution in [2.75, 3.05) is 0 Å². The molecule has 0 spiro atoms. The summed E-state index contributed by atoms with van der Waals surface area (Å²) in [4.78, 5) is 0. The molecule has 2 fully saturated rings. The van der Waals surface area contributed by atoms with Gasteiger partial charge >= 0.3 is 0 Å². The van der Waals surface area contributed by atoms with Crippen molar-refractivity contribution in [3.8, 4) is 5.75 Å². The molecular weight excluding hydrogens is 276 g/mol. The standard InChI is InChI=1S/C19H26OS/c1-19-7-2-3-17(19)15-5-4-12-10-18(20)13(11-21)9-16(12)14(15)6-8-19/h9-10,14-15,17,20-21H,2-8,11H2,1H3/t14?,15?,17?,19-/m0/s1. The van der Waals surface area contributed by atoms with E-state index in [2.05, 4.69) is 25.6 Å². The number of aryl methyl sites for hydroxylation is 1. The average molecular weight is 302 g/mol. The van der Waals surface area contributed by atoms with Gasteiger partial charge in [-0.25, -0.2) is 0 Å². The number of aromatic hydroxyl groups is 1. The van der Waals surface area contributed by atoms with E-state index in [1.165, 1.54) is 44.1 Å². The SMILES string of the molecule is C[C@@]12CCCC1C1CCc3cc(O)c(CS)cc3C1CC2. The van der Waals surface area contributed by atoms with E-state index in [9.17, 15) is 5.11 Å². The van der Waals surface area contributed by atoms with Gasteiger partial charge in [0.1, 0.15) is 5.75 Å². The van der Waals surface area contributed by atoms with Crippen molar-refractivity contribution in [2.24, 2.45) is 17.3 Å². The molecule has 4 atom stereocenters. The summed E-state index contributed by atoms with van der Waals surface area (Å²) in [6.07, 6.45) is 9.57. The molecule has 0 radical (unpaired) electrons. The van der Waals surface area contributed by atoms with Gasteiger partial charge in [0.05, 0.1) is 0 Å². The minimum atomic E-state index is 0.448. The van der Waals surface area contributed by atoms with Gasteiger partial charge in [-0.05, 0) is 78.9 Å². The van der Waals surface area contributed by atoms with Gasteiger partial charge in [-0.2, -0.15) is 12.6 Å². The molecule has 3 aliphatic carbocycles. The van der Waals surface area contributed by atoms with Gasteiger partial charge in [-0.15, -0.1) is 0 Å². The second kappa shape index (κ2) is 4.94. The van der Waals surface area contributed by atoms with Crippen molar-refractivity contribution in [1.82, 2.24) is 0 Å². The zero-order valence-corrected chi connectivity index (χ0v) is 13.8. The average Bonchev–Trinajstić information content (AvgIpc) is 2.88. The summed E-state index contributed by atoms with van der Waals surface area (Å²) in [5.41, 5.74) is 4.59. The zero-order chi connectivity index (χ0) is 14.6. The highest BCUT2D eigenvalue weighted by Crippen LogP contribution is 2.61. The predicted molar refractivity (Wildman–Crippen MR) is 90.0 cm³/mol. The van der Waals surface area contributed by atoms with Crippen LogP contribution in [0.25, 0.3) is 0 Å². The van der Waals surface area contributed by atoms with Crippen LogP contribution in [-0.4, -0.2) is 5.11 Å². The van der Waals surface area contributed by atoms with E-state index in [0.29, 0.717) is 16.9 Å². The van der Waals surface area contributed by atoms with Gasteiger partial charge in [0.15, 0.2) is 0 Å². The number of fused-ring (bicyclic) bond motifs is 5. The topological polar surface area (TPSA) is 20.2 Å². The molecule has 4 rings (SSSR count). The number of rotatable bonds is 1. The van der Waals surface area contributed by atoms with Crippen LogP contribution in [0, 0.1) is 17.3 Å². The first-order valence-electron chi connectivity index (χ1n) is 8.58. The van der Waals surface area contributed by atoms with E-state index in [-0.39, 0.29) is 0 Å². The molecule has 0 amide bonds. The third-order valence-corrected chi connectivity index (χ3v) is 7.22. The fourth-order valence-corrected chi connectivity index (χ4v) is 6.03. The molecule has 0 aliphatic heterocycles. The second-order valence-electron chi connectivity index (χ2n) is 7.84. The van der Waals surface area contributed by atoms with Crippen LogP contribution in [0.3, 0.4) is 0 Å². The van der Waals surface area contributed by atoms with Crippen LogP contribution in [0.2, 0.25) is 0 Å². The van der Waals surface area contributed by atoms with Gasteiger partial charge in [0.25, 0.3) is 0 Å². The molecule has 0 aromatic heterocycles. The van der Waals surface area contributed by atoms with Crippen LogP contribution in [0.5, 0.6) is 5.75 Å². The molecule has 1 aromatic rings. The number of phenols is 1. The Labute approximate surface area is 133 Å². The third kappa shape index (κ3) is 2.05. The minimum absolute atomic E-state index is 0.448. The minimum Gasteiger partial charge on any atom is -0.508 e. The van der Waals surface area contributed by atoms with Gasteiger partial charge in [0, 0.05) is 11.3 Å². The number of thiol groups is 1. The molecule has 1 N–H and O–H groups in total. The van der Waals surface area contributed by atoms with Crippen LogP contribution in [-0.2, 0) is 12.2 Å². The Morgan fingerprint density at radius 1 is 1.24 bits per heavy atom. The lowest BCUT2D eigenvalue weighted by Gasteiger charge is -2.49. The Hall–Kier alpha value is -0.630. The third-order valence-electron chi connectivity index (χ3n) is 6.88. The molecule has 0 heterocycles. The monoisotopic (exact) mass is 302 g/mol. The Morgan fingerprint density at radius 3 is 2.90 bits per heavy atom. The Morgan fingerprint density at radius 2 is 2.10 bits per heavy atom. The highest BCUT2D eigenvalue weighted by Gasteiger charge is 2.50. The van der Waals surface area contributed by atoms with Crippen molar-refractivity contribution in [1.29, 1.82) is 0 Å². The molecule has 0 saturated heterocycles. The van der Waals surface area contributed by atoms with E-state index in [1.807, 2.05) is 6.07 Å². The Bertz CT molecular complexity index is 567. The molecule has 2 heteroatoms. The van der Waals surface area contributed by atoms with Crippen LogP contribution in [0.1, 0.15) is 68.1 Å². The van der Waals surface area contributed by atoms with Crippen LogP contribution < -0.4 is 0 Å². The van der Waals surface area contributed by atoms with E-state index in [4.69, 9.17) is 0 Å². The second-order valence-corrected chi connectivity index (χ2v) is 8.15. The van der Waals surface area contributed by atoms with Gasteiger partial charge in [-0.1, -0.05) is 19.4 Å². The molecule has 0 bridgehead atoms. The lowest BCUT2D eigenvalue weighted by atomic mass is 9.56. The Kier molecular flexibility index (Phi) is 3.29. The van der Waals surface area contributed by atoms with Crippen molar-refractivity contribution in [2.45, 2.75) is 63.5 Å². The first kappa shape index (κ1) is 14.0. The molecule has 3 unspecified atom stereocenters. The predicted octanol–water partition coefficient (Wildman–Crippen LogP) is 5.07. The maximum Gasteiger partial charge on any atom is 0.119 e. The summed E-state index contributed by atoms with van der Waals surface area (Å²) in [6.45, 7) is 2.55. The van der Waals surface area contributed by atoms with E-state index in [1.54, 1.807) is 5.56 Å². The highest BCUT2D eigenvalue weighted by atomic mass is 32.1. The molecule has 21 heavy (non-hydrogen) atoms. The largest absolute Gasteiger partial charge is 0.508 e. The molecule has 114 valence electrons. The van der Waals surface area contributed by atoms with Crippen LogP contribution in [0.4, 0.5) is 0 Å². The first-order chi connectivity index (χ1) is 10.1. The van der Waals surface area contributed by atoms with Gasteiger partial charge in [-0.3, -0.25) is 0 Å². The van der Waals surface area contributed by atoms with Gasteiger partial charge in [0.2, 0.25) is 0 Å². The van der Waals surface area contributed by atoms with Crippen molar-refractivity contribution in [3.63, 3.8) is 0 Å². The molecule has 2 saturated carbocycles. The fraction of sp³-hybridized carbons (Fsp3) is 0.684. The van der Waals surface area contributed by atoms with E-state index < -0.39 is 0 Å². The summed E-state index contributed by atoms with van der Waals surface area (Å²) in [5.74, 6) is 3.65. The lowest BCUT2D eigenvalue weighted by molar-refractivity contribution is 0.0598. The fourth-order valence-electron chi connectivity index (χ4n) is 5.78. The Balaban J connectivity index is 1.73. The van der Waals surface area contributed by atoms with Crippen LogP contribution >= 0.6 is 12.6 Å². The summed E-state index contributed by atoms with van der Waals surface area (Å²) in [5, 5.41) is 10.1. The first-order valence-corrected chi connectivity index (χ1v) is 9.21. The molecular formula is C19H26OS. The van der Waals surface area contributed by atoms with E-state index >= 15 is 0 Å². The molecule has 1 nitrogen and oxygen atoms in total. The summed E-state index contributed by atoms with van der Waals surface area (Å²) in [7, 11) is 0. The summed E-state index contributed by atoms with van der Waals surface area (Å²) >= 11 is 4.38. The number of phenolic OH excluding ortho intramolecular Hbond substituents is 1. The smallest absolute Gasteiger partial charge is 0.119 e. The maximum atomic E-state index is 10.1. The van der Waals surface area contributed by atoms with E-state index in [0.717, 1.165) is 29.7 Å². The number of benzene rings is 1. The zero-order valence-electron chi connectivity index (χ0n) is 12.9.